The molecule has 1 saturated heterocycles. The summed E-state index contributed by atoms with van der Waals surface area (Å²) in [5.41, 5.74) is 5.84. The lowest BCUT2D eigenvalue weighted by Gasteiger charge is -2.32. The van der Waals surface area contributed by atoms with Crippen molar-refractivity contribution in [3.05, 3.63) is 0 Å². The standard InChI is InChI=1S/C10H19NO3/c1-3-8(11)10(4-5-14-7-10)6-9(12)13-2/h8H,3-7,11H2,1-2H3. The Morgan fingerprint density at radius 1 is 1.71 bits per heavy atom. The number of esters is 1. The zero-order valence-corrected chi connectivity index (χ0v) is 8.91. The Balaban J connectivity index is 2.66. The molecule has 1 fully saturated rings. The number of carbonyl (C=O) groups is 1. The van der Waals surface area contributed by atoms with Gasteiger partial charge in [0.25, 0.3) is 0 Å². The number of methoxy groups -OCH3 is 1. The van der Waals surface area contributed by atoms with Crippen LogP contribution in [0.25, 0.3) is 0 Å². The Bertz CT molecular complexity index is 200. The van der Waals surface area contributed by atoms with Crippen LogP contribution in [0.15, 0.2) is 0 Å². The lowest BCUT2D eigenvalue weighted by molar-refractivity contribution is -0.143. The molecule has 0 amide bonds. The topological polar surface area (TPSA) is 61.6 Å². The van der Waals surface area contributed by atoms with Crippen molar-refractivity contribution in [1.82, 2.24) is 0 Å². The number of nitrogens with two attached hydrogens (primary N) is 1. The van der Waals surface area contributed by atoms with Gasteiger partial charge in [-0.05, 0) is 12.8 Å². The van der Waals surface area contributed by atoms with Crippen LogP contribution in [0.1, 0.15) is 26.2 Å². The summed E-state index contributed by atoms with van der Waals surface area (Å²) in [6.45, 7) is 3.31. The van der Waals surface area contributed by atoms with Crippen molar-refractivity contribution in [2.24, 2.45) is 11.1 Å². The quantitative estimate of drug-likeness (QED) is 0.680. The molecule has 0 spiro atoms. The van der Waals surface area contributed by atoms with E-state index in [1.54, 1.807) is 0 Å². The summed E-state index contributed by atoms with van der Waals surface area (Å²) in [4.78, 5) is 11.3. The molecule has 2 N–H and O–H groups in total. The summed E-state index contributed by atoms with van der Waals surface area (Å²) < 4.78 is 10.0. The SMILES string of the molecule is CCC(N)C1(CC(=O)OC)CCOC1. The van der Waals surface area contributed by atoms with Crippen molar-refractivity contribution in [2.45, 2.75) is 32.2 Å². The first-order valence-electron chi connectivity index (χ1n) is 5.05. The van der Waals surface area contributed by atoms with Crippen molar-refractivity contribution in [3.63, 3.8) is 0 Å². The minimum Gasteiger partial charge on any atom is -0.469 e. The lowest BCUT2D eigenvalue weighted by atomic mass is 9.76. The maximum Gasteiger partial charge on any atom is 0.306 e. The van der Waals surface area contributed by atoms with E-state index in [4.69, 9.17) is 10.5 Å². The molecule has 2 unspecified atom stereocenters. The van der Waals surface area contributed by atoms with Crippen LogP contribution in [-0.2, 0) is 14.3 Å². The van der Waals surface area contributed by atoms with Crippen LogP contribution in [0.2, 0.25) is 0 Å². The molecule has 0 saturated carbocycles. The number of rotatable bonds is 4. The van der Waals surface area contributed by atoms with Crippen LogP contribution in [0.3, 0.4) is 0 Å². The van der Waals surface area contributed by atoms with E-state index in [1.807, 2.05) is 6.92 Å². The van der Waals surface area contributed by atoms with Crippen LogP contribution in [0.5, 0.6) is 0 Å². The average Bonchev–Trinajstić information content (AvgIpc) is 2.66. The van der Waals surface area contributed by atoms with Gasteiger partial charge in [0, 0.05) is 18.1 Å². The van der Waals surface area contributed by atoms with Gasteiger partial charge in [0.15, 0.2) is 0 Å². The molecule has 0 aromatic carbocycles. The molecule has 2 atom stereocenters. The molecule has 4 nitrogen and oxygen atoms in total. The van der Waals surface area contributed by atoms with Crippen molar-refractivity contribution < 1.29 is 14.3 Å². The highest BCUT2D eigenvalue weighted by Gasteiger charge is 2.41. The zero-order chi connectivity index (χ0) is 10.6. The van der Waals surface area contributed by atoms with Gasteiger partial charge in [-0.25, -0.2) is 0 Å². The predicted octanol–water partition coefficient (Wildman–Crippen LogP) is 0.693. The van der Waals surface area contributed by atoms with Crippen molar-refractivity contribution in [2.75, 3.05) is 20.3 Å². The number of carbonyl (C=O) groups excluding carboxylic acids is 1. The third-order valence-corrected chi connectivity index (χ3v) is 3.08. The van der Waals surface area contributed by atoms with Crippen molar-refractivity contribution in [3.8, 4) is 0 Å². The second kappa shape index (κ2) is 4.75. The van der Waals surface area contributed by atoms with Gasteiger partial charge in [0.05, 0.1) is 20.1 Å². The molecule has 0 aliphatic carbocycles. The van der Waals surface area contributed by atoms with Gasteiger partial charge >= 0.3 is 5.97 Å². The molecule has 82 valence electrons. The summed E-state index contributed by atoms with van der Waals surface area (Å²) in [6, 6.07) is 0.0177. The molecule has 0 aromatic rings. The highest BCUT2D eigenvalue weighted by Crippen LogP contribution is 2.36. The van der Waals surface area contributed by atoms with Crippen LogP contribution >= 0.6 is 0 Å². The lowest BCUT2D eigenvalue weighted by Crippen LogP contribution is -2.43. The molecule has 1 aliphatic rings. The fourth-order valence-electron chi connectivity index (χ4n) is 1.98. The maximum absolute atomic E-state index is 11.3. The minimum absolute atomic E-state index is 0.0177. The summed E-state index contributed by atoms with van der Waals surface area (Å²) in [7, 11) is 1.41. The predicted molar refractivity (Wildman–Crippen MR) is 52.8 cm³/mol. The van der Waals surface area contributed by atoms with E-state index in [1.165, 1.54) is 7.11 Å². The fourth-order valence-corrected chi connectivity index (χ4v) is 1.98. The van der Waals surface area contributed by atoms with Crippen molar-refractivity contribution >= 4 is 5.97 Å². The van der Waals surface area contributed by atoms with Gasteiger partial charge in [-0.3, -0.25) is 4.79 Å². The van der Waals surface area contributed by atoms with Gasteiger partial charge in [0.1, 0.15) is 0 Å². The Hall–Kier alpha value is -0.610. The number of ether oxygens (including phenoxy) is 2. The Morgan fingerprint density at radius 2 is 2.43 bits per heavy atom. The molecular formula is C10H19NO3. The third-order valence-electron chi connectivity index (χ3n) is 3.08. The van der Waals surface area contributed by atoms with Crippen molar-refractivity contribution in [1.29, 1.82) is 0 Å². The van der Waals surface area contributed by atoms with E-state index in [9.17, 15) is 4.79 Å². The normalized spacial score (nSPS) is 28.8. The molecule has 1 heterocycles. The molecule has 14 heavy (non-hydrogen) atoms. The Labute approximate surface area is 84.7 Å². The van der Waals surface area contributed by atoms with E-state index in [0.29, 0.717) is 19.6 Å². The smallest absolute Gasteiger partial charge is 0.306 e. The first-order chi connectivity index (χ1) is 6.64. The fraction of sp³-hybridized carbons (Fsp3) is 0.900. The monoisotopic (exact) mass is 201 g/mol. The maximum atomic E-state index is 11.3. The van der Waals surface area contributed by atoms with Crippen LogP contribution in [-0.4, -0.2) is 32.3 Å². The van der Waals surface area contributed by atoms with Gasteiger partial charge in [0.2, 0.25) is 0 Å². The second-order valence-electron chi connectivity index (χ2n) is 3.93. The highest BCUT2D eigenvalue weighted by molar-refractivity contribution is 5.70. The summed E-state index contributed by atoms with van der Waals surface area (Å²) in [5, 5.41) is 0. The third kappa shape index (κ3) is 2.25. The van der Waals surface area contributed by atoms with Gasteiger partial charge in [-0.15, -0.1) is 0 Å². The summed E-state index contributed by atoms with van der Waals surface area (Å²) >= 11 is 0. The summed E-state index contributed by atoms with van der Waals surface area (Å²) in [5.74, 6) is -0.195. The molecular weight excluding hydrogens is 182 g/mol. The molecule has 0 radical (unpaired) electrons. The van der Waals surface area contributed by atoms with E-state index in [2.05, 4.69) is 4.74 Å². The molecule has 4 heteroatoms. The Kier molecular flexibility index (Phi) is 3.89. The first-order valence-corrected chi connectivity index (χ1v) is 5.05. The second-order valence-corrected chi connectivity index (χ2v) is 3.93. The average molecular weight is 201 g/mol. The zero-order valence-electron chi connectivity index (χ0n) is 8.91. The van der Waals surface area contributed by atoms with Gasteiger partial charge in [-0.1, -0.05) is 6.92 Å². The van der Waals surface area contributed by atoms with E-state index < -0.39 is 0 Å². The minimum atomic E-state index is -0.195. The van der Waals surface area contributed by atoms with Crippen LogP contribution in [0.4, 0.5) is 0 Å². The van der Waals surface area contributed by atoms with Gasteiger partial charge in [-0.2, -0.15) is 0 Å². The highest BCUT2D eigenvalue weighted by atomic mass is 16.5. The first kappa shape index (κ1) is 11.5. The van der Waals surface area contributed by atoms with E-state index in [-0.39, 0.29) is 17.4 Å². The Morgan fingerprint density at radius 3 is 2.86 bits per heavy atom. The van der Waals surface area contributed by atoms with Crippen LogP contribution in [0, 0.1) is 5.41 Å². The summed E-state index contributed by atoms with van der Waals surface area (Å²) in [6.07, 6.45) is 2.09. The number of hydrogen-bond donors (Lipinski definition) is 1. The van der Waals surface area contributed by atoms with Crippen LogP contribution < -0.4 is 5.73 Å². The number of hydrogen-bond acceptors (Lipinski definition) is 4. The molecule has 1 aliphatic heterocycles. The largest absolute Gasteiger partial charge is 0.469 e. The molecule has 0 bridgehead atoms. The van der Waals surface area contributed by atoms with E-state index >= 15 is 0 Å². The molecule has 0 aromatic heterocycles. The molecule has 1 rings (SSSR count). The van der Waals surface area contributed by atoms with Gasteiger partial charge < -0.3 is 15.2 Å². The van der Waals surface area contributed by atoms with E-state index in [0.717, 1.165) is 12.8 Å².